The van der Waals surface area contributed by atoms with Gasteiger partial charge >= 0.3 is 0 Å². The number of amides is 1. The van der Waals surface area contributed by atoms with Crippen LogP contribution >= 0.6 is 0 Å². The topological polar surface area (TPSA) is 73.9 Å². The van der Waals surface area contributed by atoms with Crippen LogP contribution < -0.4 is 5.32 Å². The second-order valence-corrected chi connectivity index (χ2v) is 7.57. The molecule has 1 fully saturated rings. The average Bonchev–Trinajstić information content (AvgIpc) is 2.60. The van der Waals surface area contributed by atoms with Gasteiger partial charge in [-0.1, -0.05) is 13.8 Å². The van der Waals surface area contributed by atoms with Gasteiger partial charge in [0.25, 0.3) is 0 Å². The van der Waals surface area contributed by atoms with Crippen LogP contribution in [0.4, 0.5) is 0 Å². The van der Waals surface area contributed by atoms with Crippen molar-refractivity contribution in [3.63, 3.8) is 0 Å². The van der Waals surface area contributed by atoms with E-state index in [1.165, 1.54) is 0 Å². The lowest BCUT2D eigenvalue weighted by molar-refractivity contribution is -0.127. The van der Waals surface area contributed by atoms with Crippen LogP contribution in [0.3, 0.4) is 0 Å². The molecule has 152 valence electrons. The molecule has 1 aliphatic carbocycles. The molecule has 0 aliphatic heterocycles. The van der Waals surface area contributed by atoms with Gasteiger partial charge in [-0.05, 0) is 39.5 Å². The van der Waals surface area contributed by atoms with Gasteiger partial charge in [0, 0.05) is 24.3 Å². The number of rotatable bonds is 13. The SMILES string of the molecule is CC(C)OCCOCCOCCC(=O)NC1CCC(C(=O)C(C)C)CC1. The van der Waals surface area contributed by atoms with E-state index in [-0.39, 0.29) is 29.9 Å². The number of hydrogen-bond acceptors (Lipinski definition) is 5. The Labute approximate surface area is 158 Å². The van der Waals surface area contributed by atoms with Gasteiger partial charge in [0.05, 0.1) is 39.1 Å². The fraction of sp³-hybridized carbons (Fsp3) is 0.900. The molecule has 0 spiro atoms. The van der Waals surface area contributed by atoms with Crippen molar-refractivity contribution in [2.75, 3.05) is 33.0 Å². The minimum Gasteiger partial charge on any atom is -0.379 e. The van der Waals surface area contributed by atoms with Gasteiger partial charge in [0.1, 0.15) is 5.78 Å². The van der Waals surface area contributed by atoms with Crippen LogP contribution in [0.5, 0.6) is 0 Å². The number of carbonyl (C=O) groups is 2. The third-order valence-corrected chi connectivity index (χ3v) is 4.59. The van der Waals surface area contributed by atoms with Crippen LogP contribution in [0, 0.1) is 11.8 Å². The second-order valence-electron chi connectivity index (χ2n) is 7.57. The lowest BCUT2D eigenvalue weighted by Crippen LogP contribution is -2.39. The Morgan fingerprint density at radius 3 is 2.04 bits per heavy atom. The highest BCUT2D eigenvalue weighted by Crippen LogP contribution is 2.27. The Morgan fingerprint density at radius 2 is 1.46 bits per heavy atom. The van der Waals surface area contributed by atoms with Crippen molar-refractivity contribution in [2.24, 2.45) is 11.8 Å². The molecular formula is C20H37NO5. The van der Waals surface area contributed by atoms with Crippen molar-refractivity contribution in [3.8, 4) is 0 Å². The lowest BCUT2D eigenvalue weighted by Gasteiger charge is -2.29. The molecule has 6 heteroatoms. The van der Waals surface area contributed by atoms with Gasteiger partial charge < -0.3 is 19.5 Å². The molecule has 26 heavy (non-hydrogen) atoms. The van der Waals surface area contributed by atoms with Gasteiger partial charge in [-0.3, -0.25) is 9.59 Å². The molecular weight excluding hydrogens is 334 g/mol. The van der Waals surface area contributed by atoms with Crippen molar-refractivity contribution in [2.45, 2.75) is 71.9 Å². The van der Waals surface area contributed by atoms with Gasteiger partial charge in [0.15, 0.2) is 0 Å². The number of Topliss-reactive ketones (excluding diaryl/α,β-unsaturated/α-hetero) is 1. The van der Waals surface area contributed by atoms with Gasteiger partial charge in [-0.25, -0.2) is 0 Å². The monoisotopic (exact) mass is 371 g/mol. The molecule has 0 aromatic heterocycles. The Hall–Kier alpha value is -0.980. The summed E-state index contributed by atoms with van der Waals surface area (Å²) in [5.74, 6) is 0.670. The Bertz CT molecular complexity index is 403. The number of carbonyl (C=O) groups excluding carboxylic acids is 2. The van der Waals surface area contributed by atoms with E-state index in [0.717, 1.165) is 25.7 Å². The summed E-state index contributed by atoms with van der Waals surface area (Å²) in [6.07, 6.45) is 4.14. The predicted octanol–water partition coefficient (Wildman–Crippen LogP) is 2.73. The summed E-state index contributed by atoms with van der Waals surface area (Å²) in [5.41, 5.74) is 0. The highest BCUT2D eigenvalue weighted by atomic mass is 16.5. The maximum atomic E-state index is 12.0. The van der Waals surface area contributed by atoms with Crippen LogP contribution in [0.2, 0.25) is 0 Å². The molecule has 0 unspecified atom stereocenters. The quantitative estimate of drug-likeness (QED) is 0.504. The first-order valence-corrected chi connectivity index (χ1v) is 10.00. The highest BCUT2D eigenvalue weighted by Gasteiger charge is 2.28. The summed E-state index contributed by atoms with van der Waals surface area (Å²) in [7, 11) is 0. The van der Waals surface area contributed by atoms with E-state index in [0.29, 0.717) is 45.2 Å². The largest absolute Gasteiger partial charge is 0.379 e. The van der Waals surface area contributed by atoms with Crippen molar-refractivity contribution in [3.05, 3.63) is 0 Å². The molecule has 1 aliphatic rings. The van der Waals surface area contributed by atoms with Crippen LogP contribution in [-0.4, -0.2) is 56.9 Å². The first-order valence-electron chi connectivity index (χ1n) is 10.00. The lowest BCUT2D eigenvalue weighted by atomic mass is 9.80. The molecule has 0 aromatic carbocycles. The molecule has 1 rings (SSSR count). The summed E-state index contributed by atoms with van der Waals surface area (Å²) < 4.78 is 16.2. The standard InChI is InChI=1S/C20H37NO5/c1-15(2)20(23)17-5-7-18(8-6-17)21-19(22)9-10-24-11-12-25-13-14-26-16(3)4/h15-18H,5-14H2,1-4H3,(H,21,22). The molecule has 6 nitrogen and oxygen atoms in total. The zero-order valence-corrected chi connectivity index (χ0v) is 16.9. The molecule has 1 saturated carbocycles. The normalized spacial score (nSPS) is 20.5. The maximum Gasteiger partial charge on any atom is 0.222 e. The summed E-state index contributed by atoms with van der Waals surface area (Å²) >= 11 is 0. The van der Waals surface area contributed by atoms with E-state index >= 15 is 0 Å². The summed E-state index contributed by atoms with van der Waals surface area (Å²) in [6.45, 7) is 10.4. The van der Waals surface area contributed by atoms with Gasteiger partial charge in [-0.15, -0.1) is 0 Å². The van der Waals surface area contributed by atoms with Gasteiger partial charge in [0.2, 0.25) is 5.91 Å². The third-order valence-electron chi connectivity index (χ3n) is 4.59. The predicted molar refractivity (Wildman–Crippen MR) is 101 cm³/mol. The molecule has 0 heterocycles. The third kappa shape index (κ3) is 10.2. The van der Waals surface area contributed by atoms with Crippen LogP contribution in [-0.2, 0) is 23.8 Å². The Kier molecular flexibility index (Phi) is 11.7. The molecule has 1 N–H and O–H groups in total. The molecule has 1 amide bonds. The Balaban J connectivity index is 1.98. The van der Waals surface area contributed by atoms with Crippen molar-refractivity contribution >= 4 is 11.7 Å². The summed E-state index contributed by atoms with van der Waals surface area (Å²) in [6, 6.07) is 0.197. The smallest absolute Gasteiger partial charge is 0.222 e. The number of nitrogens with one attached hydrogen (secondary N) is 1. The van der Waals surface area contributed by atoms with Crippen molar-refractivity contribution in [1.82, 2.24) is 5.32 Å². The zero-order valence-electron chi connectivity index (χ0n) is 16.9. The Morgan fingerprint density at radius 1 is 0.885 bits per heavy atom. The van der Waals surface area contributed by atoms with Crippen molar-refractivity contribution < 1.29 is 23.8 Å². The van der Waals surface area contributed by atoms with E-state index in [2.05, 4.69) is 5.32 Å². The van der Waals surface area contributed by atoms with E-state index in [4.69, 9.17) is 14.2 Å². The summed E-state index contributed by atoms with van der Waals surface area (Å²) in [5, 5.41) is 3.06. The highest BCUT2D eigenvalue weighted by molar-refractivity contribution is 5.83. The average molecular weight is 372 g/mol. The number of ether oxygens (including phenoxy) is 3. The van der Waals surface area contributed by atoms with Crippen LogP contribution in [0.15, 0.2) is 0 Å². The molecule has 0 bridgehead atoms. The van der Waals surface area contributed by atoms with Crippen LogP contribution in [0.25, 0.3) is 0 Å². The molecule has 0 aromatic rings. The first kappa shape index (κ1) is 23.1. The van der Waals surface area contributed by atoms with E-state index in [1.54, 1.807) is 0 Å². The minimum atomic E-state index is 0.0230. The van der Waals surface area contributed by atoms with E-state index < -0.39 is 0 Å². The maximum absolute atomic E-state index is 12.0. The fourth-order valence-corrected chi connectivity index (χ4v) is 3.12. The summed E-state index contributed by atoms with van der Waals surface area (Å²) in [4.78, 5) is 24.0. The molecule has 0 radical (unpaired) electrons. The number of hydrogen-bond donors (Lipinski definition) is 1. The molecule has 0 atom stereocenters. The number of ketones is 1. The zero-order chi connectivity index (χ0) is 19.4. The van der Waals surface area contributed by atoms with Crippen LogP contribution in [0.1, 0.15) is 59.8 Å². The van der Waals surface area contributed by atoms with E-state index in [1.807, 2.05) is 27.7 Å². The fourth-order valence-electron chi connectivity index (χ4n) is 3.12. The second kappa shape index (κ2) is 13.2. The van der Waals surface area contributed by atoms with Gasteiger partial charge in [-0.2, -0.15) is 0 Å². The minimum absolute atomic E-state index is 0.0230. The van der Waals surface area contributed by atoms with Crippen molar-refractivity contribution in [1.29, 1.82) is 0 Å². The van der Waals surface area contributed by atoms with E-state index in [9.17, 15) is 9.59 Å². The first-order chi connectivity index (χ1) is 12.4. The molecule has 0 saturated heterocycles.